The molecule has 0 saturated carbocycles. The third-order valence-electron chi connectivity index (χ3n) is 2.64. The average Bonchev–Trinajstić information content (AvgIpc) is 2.46. The fraction of sp³-hybridized carbons (Fsp3) is 0.250. The lowest BCUT2D eigenvalue weighted by molar-refractivity contribution is 0.466. The summed E-state index contributed by atoms with van der Waals surface area (Å²) < 4.78 is 14.6. The molecule has 2 rings (SSSR count). The Kier molecular flexibility index (Phi) is 2.42. The fourth-order valence-electron chi connectivity index (χ4n) is 1.73. The smallest absolute Gasteiger partial charge is 0.159 e. The minimum Gasteiger partial charge on any atom is -0.504 e. The van der Waals surface area contributed by atoms with E-state index in [-0.39, 0.29) is 11.6 Å². The van der Waals surface area contributed by atoms with Gasteiger partial charge in [-0.25, -0.2) is 9.07 Å². The van der Waals surface area contributed by atoms with Crippen LogP contribution in [-0.4, -0.2) is 14.9 Å². The van der Waals surface area contributed by atoms with E-state index in [4.69, 9.17) is 0 Å². The molecule has 0 amide bonds. The van der Waals surface area contributed by atoms with E-state index in [1.165, 1.54) is 12.1 Å². The molecule has 0 aliphatic carbocycles. The summed E-state index contributed by atoms with van der Waals surface area (Å²) in [4.78, 5) is 0. The van der Waals surface area contributed by atoms with Crippen LogP contribution < -0.4 is 0 Å². The van der Waals surface area contributed by atoms with Crippen molar-refractivity contribution in [2.75, 3.05) is 0 Å². The van der Waals surface area contributed by atoms with Crippen molar-refractivity contribution in [1.29, 1.82) is 0 Å². The molecule has 0 bridgehead atoms. The monoisotopic (exact) mass is 220 g/mol. The van der Waals surface area contributed by atoms with Crippen molar-refractivity contribution in [1.82, 2.24) is 9.78 Å². The topological polar surface area (TPSA) is 38.0 Å². The molecule has 1 aromatic carbocycles. The number of nitrogens with zero attached hydrogens (tertiary/aromatic N) is 2. The van der Waals surface area contributed by atoms with Gasteiger partial charge < -0.3 is 5.11 Å². The van der Waals surface area contributed by atoms with E-state index in [1.807, 2.05) is 6.92 Å². The minimum atomic E-state index is -0.271. The van der Waals surface area contributed by atoms with E-state index in [0.29, 0.717) is 11.4 Å². The summed E-state index contributed by atoms with van der Waals surface area (Å²) in [6.45, 7) is 5.32. The van der Waals surface area contributed by atoms with Gasteiger partial charge in [0.05, 0.1) is 11.4 Å². The normalized spacial score (nSPS) is 10.8. The zero-order valence-corrected chi connectivity index (χ0v) is 9.45. The van der Waals surface area contributed by atoms with Gasteiger partial charge in [0.1, 0.15) is 11.5 Å². The first kappa shape index (κ1) is 10.7. The van der Waals surface area contributed by atoms with Crippen molar-refractivity contribution >= 4 is 0 Å². The number of rotatable bonds is 1. The van der Waals surface area contributed by atoms with Crippen LogP contribution in [-0.2, 0) is 0 Å². The van der Waals surface area contributed by atoms with Crippen LogP contribution in [0.2, 0.25) is 0 Å². The maximum absolute atomic E-state index is 13.0. The highest BCUT2D eigenvalue weighted by Gasteiger charge is 2.12. The van der Waals surface area contributed by atoms with E-state index >= 15 is 0 Å². The number of hydrogen-bond donors (Lipinski definition) is 1. The van der Waals surface area contributed by atoms with E-state index in [1.54, 1.807) is 24.6 Å². The lowest BCUT2D eigenvalue weighted by Gasteiger charge is -2.07. The van der Waals surface area contributed by atoms with Crippen LogP contribution in [0.4, 0.5) is 4.39 Å². The summed E-state index contributed by atoms with van der Waals surface area (Å²) in [5.74, 6) is -0.0873. The number of halogens is 1. The maximum Gasteiger partial charge on any atom is 0.159 e. The molecule has 3 nitrogen and oxygen atoms in total. The highest BCUT2D eigenvalue weighted by Crippen LogP contribution is 2.25. The molecule has 0 radical (unpaired) electrons. The summed E-state index contributed by atoms with van der Waals surface area (Å²) in [5.41, 5.74) is 2.79. The van der Waals surface area contributed by atoms with Crippen molar-refractivity contribution in [3.63, 3.8) is 0 Å². The summed E-state index contributed by atoms with van der Waals surface area (Å²) in [6, 6.07) is 4.49. The maximum atomic E-state index is 13.0. The Morgan fingerprint density at radius 2 is 1.94 bits per heavy atom. The highest BCUT2D eigenvalue weighted by molar-refractivity contribution is 5.44. The second kappa shape index (κ2) is 3.63. The molecular formula is C12H13FN2O. The van der Waals surface area contributed by atoms with E-state index < -0.39 is 0 Å². The lowest BCUT2D eigenvalue weighted by atomic mass is 10.2. The molecule has 0 unspecified atom stereocenters. The summed E-state index contributed by atoms with van der Waals surface area (Å²) >= 11 is 0. The van der Waals surface area contributed by atoms with Crippen LogP contribution in [0.1, 0.15) is 17.0 Å². The molecule has 0 atom stereocenters. The van der Waals surface area contributed by atoms with Crippen LogP contribution in [0.5, 0.6) is 5.75 Å². The third kappa shape index (κ3) is 1.56. The third-order valence-corrected chi connectivity index (χ3v) is 2.64. The van der Waals surface area contributed by atoms with Gasteiger partial charge in [0.25, 0.3) is 0 Å². The summed E-state index contributed by atoms with van der Waals surface area (Å²) in [7, 11) is 0. The number of hydrogen-bond acceptors (Lipinski definition) is 2. The average molecular weight is 220 g/mol. The number of aromatic nitrogens is 2. The first-order valence-corrected chi connectivity index (χ1v) is 5.02. The Labute approximate surface area is 93.2 Å². The van der Waals surface area contributed by atoms with Crippen molar-refractivity contribution < 1.29 is 9.50 Å². The fourth-order valence-corrected chi connectivity index (χ4v) is 1.73. The second-order valence-electron chi connectivity index (χ2n) is 3.86. The molecule has 84 valence electrons. The van der Waals surface area contributed by atoms with Crippen molar-refractivity contribution in [2.45, 2.75) is 20.8 Å². The zero-order valence-electron chi connectivity index (χ0n) is 9.45. The largest absolute Gasteiger partial charge is 0.504 e. The van der Waals surface area contributed by atoms with Crippen molar-refractivity contribution in [3.05, 3.63) is 41.0 Å². The quantitative estimate of drug-likeness (QED) is 0.802. The predicted octanol–water partition coefficient (Wildman–Crippen LogP) is 2.64. The van der Waals surface area contributed by atoms with Gasteiger partial charge in [-0.3, -0.25) is 0 Å². The van der Waals surface area contributed by atoms with Gasteiger partial charge in [0.2, 0.25) is 0 Å². The second-order valence-corrected chi connectivity index (χ2v) is 3.86. The Balaban J connectivity index is 2.63. The molecule has 0 aliphatic rings. The minimum absolute atomic E-state index is 0.184. The van der Waals surface area contributed by atoms with E-state index in [2.05, 4.69) is 5.10 Å². The summed E-state index contributed by atoms with van der Waals surface area (Å²) in [5, 5.41) is 13.9. The van der Waals surface area contributed by atoms with Crippen LogP contribution >= 0.6 is 0 Å². The van der Waals surface area contributed by atoms with E-state index in [9.17, 15) is 9.50 Å². The standard InChI is InChI=1S/C12H13FN2O/c1-7-6-10(13)4-5-11(7)15-9(3)12(16)8(2)14-15/h4-6,16H,1-3H3. The zero-order chi connectivity index (χ0) is 11.9. The van der Waals surface area contributed by atoms with Crippen LogP contribution in [0.25, 0.3) is 5.69 Å². The predicted molar refractivity (Wildman–Crippen MR) is 59.4 cm³/mol. The molecule has 0 aliphatic heterocycles. The molecular weight excluding hydrogens is 207 g/mol. The molecule has 0 spiro atoms. The Hall–Kier alpha value is -1.84. The summed E-state index contributed by atoms with van der Waals surface area (Å²) in [6.07, 6.45) is 0. The molecule has 2 aromatic rings. The lowest BCUT2D eigenvalue weighted by Crippen LogP contribution is -2.01. The van der Waals surface area contributed by atoms with Crippen molar-refractivity contribution in [3.8, 4) is 11.4 Å². The van der Waals surface area contributed by atoms with Gasteiger partial charge in [0, 0.05) is 0 Å². The van der Waals surface area contributed by atoms with Gasteiger partial charge >= 0.3 is 0 Å². The highest BCUT2D eigenvalue weighted by atomic mass is 19.1. The molecule has 0 saturated heterocycles. The molecule has 1 aromatic heterocycles. The Morgan fingerprint density at radius 3 is 2.44 bits per heavy atom. The SMILES string of the molecule is Cc1cc(F)ccc1-n1nc(C)c(O)c1C. The van der Waals surface area contributed by atoms with E-state index in [0.717, 1.165) is 11.3 Å². The molecule has 16 heavy (non-hydrogen) atoms. The number of aromatic hydroxyl groups is 1. The molecule has 4 heteroatoms. The van der Waals surface area contributed by atoms with Crippen LogP contribution in [0.3, 0.4) is 0 Å². The van der Waals surface area contributed by atoms with Gasteiger partial charge in [-0.1, -0.05) is 0 Å². The number of benzene rings is 1. The Morgan fingerprint density at radius 1 is 1.25 bits per heavy atom. The van der Waals surface area contributed by atoms with Crippen LogP contribution in [0, 0.1) is 26.6 Å². The first-order chi connectivity index (χ1) is 7.50. The van der Waals surface area contributed by atoms with Crippen LogP contribution in [0.15, 0.2) is 18.2 Å². The van der Waals surface area contributed by atoms with Crippen molar-refractivity contribution in [2.24, 2.45) is 0 Å². The molecule has 0 fully saturated rings. The van der Waals surface area contributed by atoms with Gasteiger partial charge in [-0.05, 0) is 44.5 Å². The first-order valence-electron chi connectivity index (χ1n) is 5.02. The Bertz CT molecular complexity index is 546. The molecule has 1 N–H and O–H groups in total. The molecule has 1 heterocycles. The number of aryl methyl sites for hydroxylation is 2. The van der Waals surface area contributed by atoms with Gasteiger partial charge in [0.15, 0.2) is 5.75 Å². The van der Waals surface area contributed by atoms with Gasteiger partial charge in [-0.2, -0.15) is 5.10 Å². The van der Waals surface area contributed by atoms with Gasteiger partial charge in [-0.15, -0.1) is 0 Å².